The van der Waals surface area contributed by atoms with Crippen LogP contribution in [0.1, 0.15) is 37.0 Å². The van der Waals surface area contributed by atoms with E-state index in [-0.39, 0.29) is 22.9 Å². The fourth-order valence-corrected chi connectivity index (χ4v) is 3.20. The average molecular weight is 305 g/mol. The van der Waals surface area contributed by atoms with Gasteiger partial charge in [-0.05, 0) is 73.9 Å². The minimum atomic E-state index is -0.234. The number of carbonyl (C=O) groups is 2. The van der Waals surface area contributed by atoms with Gasteiger partial charge in [0.1, 0.15) is 5.75 Å². The summed E-state index contributed by atoms with van der Waals surface area (Å²) in [5.74, 6) is 0.0302. The monoisotopic (exact) mass is 305 g/mol. The van der Waals surface area contributed by atoms with Gasteiger partial charge in [-0.3, -0.25) is 14.5 Å². The molecule has 112 valence electrons. The van der Waals surface area contributed by atoms with Crippen LogP contribution < -0.4 is 0 Å². The summed E-state index contributed by atoms with van der Waals surface area (Å²) in [6.07, 6.45) is 2.45. The number of benzene rings is 1. The summed E-state index contributed by atoms with van der Waals surface area (Å²) in [6.45, 7) is 7.44. The van der Waals surface area contributed by atoms with Crippen molar-refractivity contribution < 1.29 is 14.7 Å². The molecule has 21 heavy (non-hydrogen) atoms. The van der Waals surface area contributed by atoms with Crippen LogP contribution in [0.5, 0.6) is 5.75 Å². The Labute approximate surface area is 128 Å². The van der Waals surface area contributed by atoms with Gasteiger partial charge in [0.2, 0.25) is 0 Å². The van der Waals surface area contributed by atoms with E-state index in [1.54, 1.807) is 18.2 Å². The molecule has 5 heteroatoms. The van der Waals surface area contributed by atoms with Crippen molar-refractivity contribution in [3.63, 3.8) is 0 Å². The van der Waals surface area contributed by atoms with E-state index in [4.69, 9.17) is 0 Å². The minimum Gasteiger partial charge on any atom is -0.507 e. The molecule has 1 N–H and O–H groups in total. The molecule has 1 fully saturated rings. The van der Waals surface area contributed by atoms with Gasteiger partial charge in [-0.25, -0.2) is 0 Å². The van der Waals surface area contributed by atoms with Crippen LogP contribution in [-0.2, 0) is 4.79 Å². The Kier molecular flexibility index (Phi) is 4.42. The summed E-state index contributed by atoms with van der Waals surface area (Å²) in [7, 11) is 0. The van der Waals surface area contributed by atoms with E-state index >= 15 is 0 Å². The molecule has 0 unspecified atom stereocenters. The summed E-state index contributed by atoms with van der Waals surface area (Å²) >= 11 is 0.972. The lowest BCUT2D eigenvalue weighted by Gasteiger charge is -2.19. The highest BCUT2D eigenvalue weighted by Gasteiger charge is 2.37. The van der Waals surface area contributed by atoms with E-state index in [0.29, 0.717) is 4.91 Å². The Morgan fingerprint density at radius 3 is 2.38 bits per heavy atom. The fraction of sp³-hybridized carbons (Fsp3) is 0.375. The number of thioether (sulfide) groups is 1. The lowest BCUT2D eigenvalue weighted by molar-refractivity contribution is -0.124. The number of aryl methyl sites for hydroxylation is 2. The first kappa shape index (κ1) is 15.6. The molecule has 1 aliphatic rings. The maximum absolute atomic E-state index is 12.3. The van der Waals surface area contributed by atoms with Gasteiger partial charge in [0.25, 0.3) is 11.1 Å². The molecule has 0 bridgehead atoms. The molecule has 1 aromatic carbocycles. The first-order valence-corrected chi connectivity index (χ1v) is 7.74. The average Bonchev–Trinajstić information content (AvgIpc) is 2.70. The van der Waals surface area contributed by atoms with Crippen LogP contribution in [0.4, 0.5) is 4.79 Å². The number of aromatic hydroxyl groups is 1. The van der Waals surface area contributed by atoms with E-state index in [2.05, 4.69) is 0 Å². The lowest BCUT2D eigenvalue weighted by atomic mass is 10.1. The number of phenols is 1. The van der Waals surface area contributed by atoms with E-state index in [1.807, 2.05) is 27.7 Å². The zero-order valence-electron chi connectivity index (χ0n) is 12.6. The molecule has 0 aliphatic carbocycles. The molecule has 2 rings (SSSR count). The van der Waals surface area contributed by atoms with Crippen LogP contribution in [0.25, 0.3) is 6.08 Å². The summed E-state index contributed by atoms with van der Waals surface area (Å²) in [6, 6.07) is 3.52. The molecular formula is C16H19NO3S. The Bertz CT molecular complexity index is 613. The molecule has 1 heterocycles. The van der Waals surface area contributed by atoms with Gasteiger partial charge in [-0.1, -0.05) is 6.92 Å². The van der Waals surface area contributed by atoms with Crippen molar-refractivity contribution >= 4 is 29.0 Å². The normalized spacial score (nSPS) is 18.7. The maximum Gasteiger partial charge on any atom is 0.293 e. The number of phenolic OH excluding ortho intramolecular Hbond substituents is 1. The summed E-state index contributed by atoms with van der Waals surface area (Å²) < 4.78 is 0. The molecule has 0 spiro atoms. The van der Waals surface area contributed by atoms with E-state index in [1.165, 1.54) is 4.90 Å². The van der Waals surface area contributed by atoms with Crippen LogP contribution >= 0.6 is 11.8 Å². The van der Waals surface area contributed by atoms with Crippen LogP contribution in [0.15, 0.2) is 17.0 Å². The number of imide groups is 1. The van der Waals surface area contributed by atoms with E-state index in [0.717, 1.165) is 34.9 Å². The Balaban J connectivity index is 2.35. The number of hydrogen-bond acceptors (Lipinski definition) is 4. The van der Waals surface area contributed by atoms with Gasteiger partial charge < -0.3 is 5.11 Å². The standard InChI is InChI=1S/C16H19NO3S/c1-5-11(4)17-15(19)13(21-16(17)20)8-12-6-9(2)14(18)10(3)7-12/h6-8,11,18H,5H2,1-4H3/b13-8+/t11-/m1/s1. The Hall–Kier alpha value is -1.75. The second kappa shape index (κ2) is 5.93. The predicted octanol–water partition coefficient (Wildman–Crippen LogP) is 3.84. The smallest absolute Gasteiger partial charge is 0.293 e. The number of carbonyl (C=O) groups excluding carboxylic acids is 2. The predicted molar refractivity (Wildman–Crippen MR) is 85.1 cm³/mol. The van der Waals surface area contributed by atoms with E-state index < -0.39 is 0 Å². The zero-order chi connectivity index (χ0) is 15.7. The highest BCUT2D eigenvalue weighted by molar-refractivity contribution is 8.18. The first-order chi connectivity index (χ1) is 9.85. The SMILES string of the molecule is CC[C@@H](C)N1C(=O)S/C(=C/c2cc(C)c(O)c(C)c2)C1=O. The van der Waals surface area contributed by atoms with Crippen molar-refractivity contribution in [1.82, 2.24) is 4.90 Å². The van der Waals surface area contributed by atoms with Gasteiger partial charge in [0.05, 0.1) is 4.91 Å². The van der Waals surface area contributed by atoms with Gasteiger partial charge >= 0.3 is 0 Å². The summed E-state index contributed by atoms with van der Waals surface area (Å²) in [5, 5.41) is 9.56. The number of hydrogen-bond donors (Lipinski definition) is 1. The number of amides is 2. The second-order valence-electron chi connectivity index (χ2n) is 5.31. The molecule has 1 atom stereocenters. The van der Waals surface area contributed by atoms with Gasteiger partial charge in [0, 0.05) is 6.04 Å². The first-order valence-electron chi connectivity index (χ1n) is 6.92. The van der Waals surface area contributed by atoms with Crippen molar-refractivity contribution in [3.8, 4) is 5.75 Å². The van der Waals surface area contributed by atoms with Gasteiger partial charge in [-0.2, -0.15) is 0 Å². The van der Waals surface area contributed by atoms with Crippen LogP contribution in [0.2, 0.25) is 0 Å². The third kappa shape index (κ3) is 2.97. The molecule has 1 aliphatic heterocycles. The number of nitrogens with zero attached hydrogens (tertiary/aromatic N) is 1. The third-order valence-corrected chi connectivity index (χ3v) is 4.55. The molecular weight excluding hydrogens is 286 g/mol. The largest absolute Gasteiger partial charge is 0.507 e. The second-order valence-corrected chi connectivity index (χ2v) is 6.31. The summed E-state index contributed by atoms with van der Waals surface area (Å²) in [4.78, 5) is 26.0. The maximum atomic E-state index is 12.3. The Morgan fingerprint density at radius 2 is 1.86 bits per heavy atom. The summed E-state index contributed by atoms with van der Waals surface area (Å²) in [5.41, 5.74) is 2.32. The number of rotatable bonds is 3. The van der Waals surface area contributed by atoms with Crippen LogP contribution in [0.3, 0.4) is 0 Å². The van der Waals surface area contributed by atoms with Crippen molar-refractivity contribution in [3.05, 3.63) is 33.7 Å². The quantitative estimate of drug-likeness (QED) is 0.862. The van der Waals surface area contributed by atoms with Crippen molar-refractivity contribution in [2.45, 2.75) is 40.2 Å². The molecule has 0 radical (unpaired) electrons. The molecule has 4 nitrogen and oxygen atoms in total. The topological polar surface area (TPSA) is 57.6 Å². The molecule has 1 saturated heterocycles. The van der Waals surface area contributed by atoms with Crippen LogP contribution in [0, 0.1) is 13.8 Å². The molecule has 2 amide bonds. The van der Waals surface area contributed by atoms with Crippen molar-refractivity contribution in [2.24, 2.45) is 0 Å². The zero-order valence-corrected chi connectivity index (χ0v) is 13.5. The van der Waals surface area contributed by atoms with E-state index in [9.17, 15) is 14.7 Å². The highest BCUT2D eigenvalue weighted by atomic mass is 32.2. The van der Waals surface area contributed by atoms with Gasteiger partial charge in [-0.15, -0.1) is 0 Å². The molecule has 1 aromatic rings. The fourth-order valence-electron chi connectivity index (χ4n) is 2.27. The molecule has 0 saturated carbocycles. The highest BCUT2D eigenvalue weighted by Crippen LogP contribution is 2.35. The van der Waals surface area contributed by atoms with Gasteiger partial charge in [0.15, 0.2) is 0 Å². The van der Waals surface area contributed by atoms with Crippen molar-refractivity contribution in [2.75, 3.05) is 0 Å². The Morgan fingerprint density at radius 1 is 1.29 bits per heavy atom. The molecule has 0 aromatic heterocycles. The lowest BCUT2D eigenvalue weighted by Crippen LogP contribution is -2.36. The van der Waals surface area contributed by atoms with Crippen molar-refractivity contribution in [1.29, 1.82) is 0 Å². The minimum absolute atomic E-state index is 0.0910. The third-order valence-electron chi connectivity index (χ3n) is 3.67. The van der Waals surface area contributed by atoms with Crippen LogP contribution in [-0.4, -0.2) is 27.2 Å².